The molecular weight excluding hydrogens is 343 g/mol. The van der Waals surface area contributed by atoms with Crippen LogP contribution < -0.4 is 0 Å². The van der Waals surface area contributed by atoms with Gasteiger partial charge >= 0.3 is 5.97 Å². The number of hydrogen-bond donors (Lipinski definition) is 1. The Hall–Kier alpha value is -2.46. The molecule has 3 nitrogen and oxygen atoms in total. The maximum absolute atomic E-state index is 14.7. The molecule has 0 saturated carbocycles. The summed E-state index contributed by atoms with van der Waals surface area (Å²) < 4.78 is 19.9. The summed E-state index contributed by atoms with van der Waals surface area (Å²) in [6.07, 6.45) is 2.80. The lowest BCUT2D eigenvalue weighted by molar-refractivity contribution is -0.138. The number of carbonyl (C=O) groups excluding carboxylic acids is 1. The number of aliphatic hydroxyl groups is 1. The quantitative estimate of drug-likeness (QED) is 0.517. The normalized spacial score (nSPS) is 10.7. The molecule has 2 aromatic carbocycles. The molecule has 2 rings (SSSR count). The van der Waals surface area contributed by atoms with Gasteiger partial charge in [0.25, 0.3) is 0 Å². The fourth-order valence-electron chi connectivity index (χ4n) is 3.00. The number of halogens is 1. The van der Waals surface area contributed by atoms with Crippen LogP contribution in [0.2, 0.25) is 0 Å². The third kappa shape index (κ3) is 5.76. The summed E-state index contributed by atoms with van der Waals surface area (Å²) in [7, 11) is 0. The number of esters is 1. The van der Waals surface area contributed by atoms with Crippen molar-refractivity contribution in [1.29, 1.82) is 0 Å². The largest absolute Gasteiger partial charge is 0.462 e. The molecule has 0 atom stereocenters. The van der Waals surface area contributed by atoms with Gasteiger partial charge in [-0.2, -0.15) is 0 Å². The van der Waals surface area contributed by atoms with Gasteiger partial charge in [0.1, 0.15) is 5.82 Å². The van der Waals surface area contributed by atoms with Crippen molar-refractivity contribution < 1.29 is 19.0 Å². The fourth-order valence-corrected chi connectivity index (χ4v) is 3.00. The van der Waals surface area contributed by atoms with Gasteiger partial charge < -0.3 is 9.84 Å². The molecule has 2 aromatic rings. The number of aliphatic hydroxyl groups excluding tert-OH is 1. The second kappa shape index (κ2) is 10.0. The molecule has 0 spiro atoms. The van der Waals surface area contributed by atoms with E-state index < -0.39 is 5.97 Å². The molecule has 0 radical (unpaired) electrons. The van der Waals surface area contributed by atoms with E-state index in [4.69, 9.17) is 4.74 Å². The van der Waals surface area contributed by atoms with Crippen LogP contribution in [-0.4, -0.2) is 24.3 Å². The zero-order chi connectivity index (χ0) is 19.8. The lowest BCUT2D eigenvalue weighted by atomic mass is 9.93. The highest BCUT2D eigenvalue weighted by atomic mass is 19.1. The number of rotatable bonds is 9. The van der Waals surface area contributed by atoms with Gasteiger partial charge in [0.05, 0.1) is 6.61 Å². The lowest BCUT2D eigenvalue weighted by Gasteiger charge is -2.14. The van der Waals surface area contributed by atoms with Gasteiger partial charge in [0, 0.05) is 24.2 Å². The van der Waals surface area contributed by atoms with Crippen LogP contribution in [0.15, 0.2) is 48.6 Å². The second-order valence-electron chi connectivity index (χ2n) is 6.70. The molecule has 0 aliphatic rings. The summed E-state index contributed by atoms with van der Waals surface area (Å²) in [6, 6.07) is 11.1. The summed E-state index contributed by atoms with van der Waals surface area (Å²) in [5.41, 5.74) is 4.49. The van der Waals surface area contributed by atoms with Crippen LogP contribution in [0.5, 0.6) is 0 Å². The molecule has 0 unspecified atom stereocenters. The Morgan fingerprint density at radius 3 is 2.33 bits per heavy atom. The summed E-state index contributed by atoms with van der Waals surface area (Å²) >= 11 is 0. The molecule has 0 aliphatic heterocycles. The molecule has 0 aliphatic carbocycles. The van der Waals surface area contributed by atoms with E-state index in [1.165, 1.54) is 0 Å². The van der Waals surface area contributed by atoms with Crippen LogP contribution in [0, 0.1) is 5.82 Å². The summed E-state index contributed by atoms with van der Waals surface area (Å²) in [4.78, 5) is 11.6. The predicted molar refractivity (Wildman–Crippen MR) is 106 cm³/mol. The highest BCUT2D eigenvalue weighted by Crippen LogP contribution is 2.29. The smallest absolute Gasteiger partial charge is 0.333 e. The summed E-state index contributed by atoms with van der Waals surface area (Å²) in [5.74, 6) is -0.686. The molecule has 0 fully saturated rings. The molecule has 0 bridgehead atoms. The zero-order valence-electron chi connectivity index (χ0n) is 16.1. The molecule has 1 N–H and O–H groups in total. The monoisotopic (exact) mass is 370 g/mol. The Balaban J connectivity index is 2.31. The second-order valence-corrected chi connectivity index (χ2v) is 6.70. The Kier molecular flexibility index (Phi) is 7.74. The highest BCUT2D eigenvalue weighted by molar-refractivity contribution is 5.86. The average molecular weight is 370 g/mol. The van der Waals surface area contributed by atoms with Gasteiger partial charge in [-0.05, 0) is 48.1 Å². The van der Waals surface area contributed by atoms with Crippen LogP contribution in [0.1, 0.15) is 37.0 Å². The molecule has 0 aromatic heterocycles. The Labute approximate surface area is 160 Å². The summed E-state index contributed by atoms with van der Waals surface area (Å²) in [6.45, 7) is 7.47. The van der Waals surface area contributed by atoms with Crippen LogP contribution in [0.3, 0.4) is 0 Å². The molecule has 0 saturated heterocycles. The van der Waals surface area contributed by atoms with Gasteiger partial charge in [-0.3, -0.25) is 0 Å². The highest BCUT2D eigenvalue weighted by Gasteiger charge is 2.13. The number of benzene rings is 2. The third-order valence-corrected chi connectivity index (χ3v) is 4.39. The van der Waals surface area contributed by atoms with Crippen molar-refractivity contribution in [2.24, 2.45) is 0 Å². The van der Waals surface area contributed by atoms with E-state index in [1.54, 1.807) is 13.0 Å². The number of hydrogen-bond acceptors (Lipinski definition) is 3. The van der Waals surface area contributed by atoms with Crippen molar-refractivity contribution in [3.8, 4) is 11.1 Å². The van der Waals surface area contributed by atoms with Crippen molar-refractivity contribution in [3.63, 3.8) is 0 Å². The first kappa shape index (κ1) is 20.8. The van der Waals surface area contributed by atoms with E-state index in [0.29, 0.717) is 24.0 Å². The predicted octanol–water partition coefficient (Wildman–Crippen LogP) is 4.64. The lowest BCUT2D eigenvalue weighted by Crippen LogP contribution is -2.09. The standard InChI is InChI=1S/C23H27FO3/c1-4-5-17-7-9-21(22(24)15-17)20-8-6-18(10-12-25)14-19(20)11-13-27-23(26)16(2)3/h6-9,14-15,25H,2,4-5,10-13H2,1,3H3. The van der Waals surface area contributed by atoms with Crippen LogP contribution in [0.4, 0.5) is 4.39 Å². The van der Waals surface area contributed by atoms with Gasteiger partial charge in [-0.15, -0.1) is 0 Å². The van der Waals surface area contributed by atoms with Crippen molar-refractivity contribution in [2.75, 3.05) is 13.2 Å². The summed E-state index contributed by atoms with van der Waals surface area (Å²) in [5, 5.41) is 9.19. The first-order valence-corrected chi connectivity index (χ1v) is 9.30. The fraction of sp³-hybridized carbons (Fsp3) is 0.348. The first-order chi connectivity index (χ1) is 13.0. The van der Waals surface area contributed by atoms with E-state index in [-0.39, 0.29) is 19.0 Å². The maximum atomic E-state index is 14.7. The van der Waals surface area contributed by atoms with E-state index >= 15 is 0 Å². The SMILES string of the molecule is C=C(C)C(=O)OCCc1cc(CCO)ccc1-c1ccc(CCC)cc1F. The maximum Gasteiger partial charge on any atom is 0.333 e. The Morgan fingerprint density at radius 1 is 1.07 bits per heavy atom. The zero-order valence-corrected chi connectivity index (χ0v) is 16.1. The van der Waals surface area contributed by atoms with Crippen molar-refractivity contribution >= 4 is 5.97 Å². The van der Waals surface area contributed by atoms with E-state index in [9.17, 15) is 14.3 Å². The molecule has 27 heavy (non-hydrogen) atoms. The first-order valence-electron chi connectivity index (χ1n) is 9.30. The van der Waals surface area contributed by atoms with Crippen LogP contribution in [0.25, 0.3) is 11.1 Å². The van der Waals surface area contributed by atoms with Crippen LogP contribution in [-0.2, 0) is 28.8 Å². The van der Waals surface area contributed by atoms with E-state index in [1.807, 2.05) is 30.3 Å². The number of ether oxygens (including phenoxy) is 1. The number of aryl methyl sites for hydroxylation is 1. The van der Waals surface area contributed by atoms with Crippen molar-refractivity contribution in [2.45, 2.75) is 39.5 Å². The van der Waals surface area contributed by atoms with Gasteiger partial charge in [-0.25, -0.2) is 9.18 Å². The minimum atomic E-state index is -0.432. The van der Waals surface area contributed by atoms with E-state index in [2.05, 4.69) is 13.5 Å². The molecule has 4 heteroatoms. The third-order valence-electron chi connectivity index (χ3n) is 4.39. The average Bonchev–Trinajstić information content (AvgIpc) is 2.63. The Bertz CT molecular complexity index is 811. The molecule has 0 heterocycles. The number of carbonyl (C=O) groups is 1. The van der Waals surface area contributed by atoms with Gasteiger partial charge in [0.15, 0.2) is 0 Å². The van der Waals surface area contributed by atoms with Crippen molar-refractivity contribution in [1.82, 2.24) is 0 Å². The van der Waals surface area contributed by atoms with Gasteiger partial charge in [0.2, 0.25) is 0 Å². The van der Waals surface area contributed by atoms with E-state index in [0.717, 1.165) is 35.1 Å². The Morgan fingerprint density at radius 2 is 1.74 bits per heavy atom. The topological polar surface area (TPSA) is 46.5 Å². The van der Waals surface area contributed by atoms with Crippen LogP contribution >= 0.6 is 0 Å². The van der Waals surface area contributed by atoms with Gasteiger partial charge in [-0.1, -0.05) is 50.3 Å². The minimum Gasteiger partial charge on any atom is -0.462 e. The molecule has 144 valence electrons. The van der Waals surface area contributed by atoms with Crippen molar-refractivity contribution in [3.05, 3.63) is 71.1 Å². The molecular formula is C23H27FO3. The molecule has 0 amide bonds. The minimum absolute atomic E-state index is 0.0451.